The molecule has 1 heterocycles. The van der Waals surface area contributed by atoms with Crippen LogP contribution in [0.5, 0.6) is 17.2 Å². The van der Waals surface area contributed by atoms with Gasteiger partial charge in [-0.05, 0) is 35.4 Å². The lowest BCUT2D eigenvalue weighted by molar-refractivity contribution is -0.129. The normalized spacial score (nSPS) is 15.5. The van der Waals surface area contributed by atoms with Gasteiger partial charge < -0.3 is 20.2 Å². The van der Waals surface area contributed by atoms with E-state index < -0.39 is 6.04 Å². The van der Waals surface area contributed by atoms with Crippen LogP contribution in [0.4, 0.5) is 0 Å². The van der Waals surface area contributed by atoms with Gasteiger partial charge in [-0.2, -0.15) is 0 Å². The summed E-state index contributed by atoms with van der Waals surface area (Å²) in [4.78, 5) is 14.2. The van der Waals surface area contributed by atoms with Crippen LogP contribution in [0.25, 0.3) is 10.8 Å². The van der Waals surface area contributed by atoms with Gasteiger partial charge in [0.2, 0.25) is 5.91 Å². The van der Waals surface area contributed by atoms with Crippen molar-refractivity contribution in [1.29, 1.82) is 0 Å². The van der Waals surface area contributed by atoms with E-state index >= 15 is 0 Å². The summed E-state index contributed by atoms with van der Waals surface area (Å²) >= 11 is 0. The molecule has 0 aliphatic carbocycles. The van der Waals surface area contributed by atoms with Crippen LogP contribution >= 0.6 is 0 Å². The molecule has 1 aliphatic rings. The van der Waals surface area contributed by atoms with Gasteiger partial charge in [0, 0.05) is 30.2 Å². The largest absolute Gasteiger partial charge is 0.508 e. The van der Waals surface area contributed by atoms with Crippen molar-refractivity contribution in [3.05, 3.63) is 65.7 Å². The average molecular weight is 349 g/mol. The lowest BCUT2D eigenvalue weighted by Gasteiger charge is -2.30. The van der Waals surface area contributed by atoms with E-state index in [1.807, 2.05) is 30.3 Å². The molecular weight excluding hydrogens is 330 g/mol. The number of hydrogen-bond donors (Lipinski definition) is 3. The van der Waals surface area contributed by atoms with Crippen molar-refractivity contribution in [3.63, 3.8) is 0 Å². The molecule has 5 nitrogen and oxygen atoms in total. The summed E-state index contributed by atoms with van der Waals surface area (Å²) in [5.41, 5.74) is 1.06. The standard InChI is InChI=1S/C21H19NO4/c23-14-8-9-16(18(25)12-14)21(22-11-3-6-19(22)26)20-15-5-2-1-4-13(15)7-10-17(20)24/h1-2,4-5,7-10,12,21,23-25H,3,6,11H2. The molecule has 1 unspecified atom stereocenters. The maximum absolute atomic E-state index is 12.5. The molecule has 3 aromatic rings. The summed E-state index contributed by atoms with van der Waals surface area (Å²) in [6.45, 7) is 0.548. The van der Waals surface area contributed by atoms with Gasteiger partial charge in [0.15, 0.2) is 0 Å². The molecule has 0 spiro atoms. The van der Waals surface area contributed by atoms with Crippen LogP contribution in [0.1, 0.15) is 30.0 Å². The van der Waals surface area contributed by atoms with E-state index in [0.717, 1.165) is 17.2 Å². The Hall–Kier alpha value is -3.21. The van der Waals surface area contributed by atoms with Crippen LogP contribution in [-0.2, 0) is 4.79 Å². The number of carbonyl (C=O) groups excluding carboxylic acids is 1. The van der Waals surface area contributed by atoms with Crippen LogP contribution < -0.4 is 0 Å². The van der Waals surface area contributed by atoms with Crippen molar-refractivity contribution in [3.8, 4) is 17.2 Å². The number of nitrogens with zero attached hydrogens (tertiary/aromatic N) is 1. The fourth-order valence-corrected chi connectivity index (χ4v) is 3.76. The molecule has 0 saturated carbocycles. The van der Waals surface area contributed by atoms with Gasteiger partial charge in [-0.25, -0.2) is 0 Å². The Balaban J connectivity index is 2.00. The maximum atomic E-state index is 12.5. The van der Waals surface area contributed by atoms with Crippen molar-refractivity contribution in [1.82, 2.24) is 4.90 Å². The minimum atomic E-state index is -0.628. The number of likely N-dealkylation sites (tertiary alicyclic amines) is 1. The zero-order valence-electron chi connectivity index (χ0n) is 14.1. The smallest absolute Gasteiger partial charge is 0.223 e. The lowest BCUT2D eigenvalue weighted by Crippen LogP contribution is -2.31. The molecule has 1 atom stereocenters. The van der Waals surface area contributed by atoms with E-state index in [1.54, 1.807) is 17.0 Å². The summed E-state index contributed by atoms with van der Waals surface area (Å²) in [6.07, 6.45) is 1.18. The minimum absolute atomic E-state index is 0.0187. The predicted octanol–water partition coefficient (Wildman–Crippen LogP) is 3.67. The van der Waals surface area contributed by atoms with E-state index in [2.05, 4.69) is 0 Å². The summed E-state index contributed by atoms with van der Waals surface area (Å²) in [5, 5.41) is 32.5. The first-order valence-electron chi connectivity index (χ1n) is 8.58. The highest BCUT2D eigenvalue weighted by molar-refractivity contribution is 5.90. The minimum Gasteiger partial charge on any atom is -0.508 e. The number of fused-ring (bicyclic) bond motifs is 1. The summed E-state index contributed by atoms with van der Waals surface area (Å²) in [6, 6.07) is 14.8. The molecule has 1 saturated heterocycles. The van der Waals surface area contributed by atoms with Gasteiger partial charge in [0.25, 0.3) is 0 Å². The maximum Gasteiger partial charge on any atom is 0.223 e. The Morgan fingerprint density at radius 1 is 0.923 bits per heavy atom. The Morgan fingerprint density at radius 2 is 1.73 bits per heavy atom. The quantitative estimate of drug-likeness (QED) is 0.674. The number of amides is 1. The molecule has 4 rings (SSSR count). The third-order valence-electron chi connectivity index (χ3n) is 4.95. The van der Waals surface area contributed by atoms with Gasteiger partial charge in [0.05, 0.1) is 6.04 Å². The Labute approximate surface area is 150 Å². The monoisotopic (exact) mass is 349 g/mol. The van der Waals surface area contributed by atoms with Crippen LogP contribution in [0.2, 0.25) is 0 Å². The third kappa shape index (κ3) is 2.62. The van der Waals surface area contributed by atoms with Gasteiger partial charge in [0.1, 0.15) is 17.2 Å². The van der Waals surface area contributed by atoms with Crippen molar-refractivity contribution >= 4 is 16.7 Å². The first-order chi connectivity index (χ1) is 12.6. The molecule has 0 radical (unpaired) electrons. The van der Waals surface area contributed by atoms with E-state index in [4.69, 9.17) is 0 Å². The summed E-state index contributed by atoms with van der Waals surface area (Å²) < 4.78 is 0. The Bertz CT molecular complexity index is 998. The zero-order chi connectivity index (χ0) is 18.3. The van der Waals surface area contributed by atoms with Crippen LogP contribution in [0.15, 0.2) is 54.6 Å². The molecule has 3 aromatic carbocycles. The average Bonchev–Trinajstić information content (AvgIpc) is 3.04. The van der Waals surface area contributed by atoms with E-state index in [-0.39, 0.29) is 23.2 Å². The molecule has 1 fully saturated rings. The van der Waals surface area contributed by atoms with Gasteiger partial charge in [-0.1, -0.05) is 30.3 Å². The van der Waals surface area contributed by atoms with Crippen LogP contribution in [0.3, 0.4) is 0 Å². The number of carbonyl (C=O) groups is 1. The second kappa shape index (κ2) is 6.26. The molecular formula is C21H19NO4. The van der Waals surface area contributed by atoms with Gasteiger partial charge in [-0.3, -0.25) is 4.79 Å². The fraction of sp³-hybridized carbons (Fsp3) is 0.190. The van der Waals surface area contributed by atoms with Crippen LogP contribution in [-0.4, -0.2) is 32.7 Å². The predicted molar refractivity (Wildman–Crippen MR) is 98.2 cm³/mol. The van der Waals surface area contributed by atoms with Crippen molar-refractivity contribution < 1.29 is 20.1 Å². The second-order valence-electron chi connectivity index (χ2n) is 6.56. The van der Waals surface area contributed by atoms with E-state index in [9.17, 15) is 20.1 Å². The molecule has 1 aliphatic heterocycles. The summed E-state index contributed by atoms with van der Waals surface area (Å²) in [7, 11) is 0. The lowest BCUT2D eigenvalue weighted by atomic mass is 9.91. The Morgan fingerprint density at radius 3 is 2.46 bits per heavy atom. The number of aromatic hydroxyl groups is 3. The molecule has 3 N–H and O–H groups in total. The fourth-order valence-electron chi connectivity index (χ4n) is 3.76. The number of phenols is 3. The molecule has 1 amide bonds. The molecule has 5 heteroatoms. The highest BCUT2D eigenvalue weighted by Crippen LogP contribution is 2.44. The van der Waals surface area contributed by atoms with E-state index in [0.29, 0.717) is 24.1 Å². The third-order valence-corrected chi connectivity index (χ3v) is 4.95. The summed E-state index contributed by atoms with van der Waals surface area (Å²) in [5.74, 6) is -0.113. The SMILES string of the molecule is O=C1CCCN1C(c1ccc(O)cc1O)c1c(O)ccc2ccccc12. The number of hydrogen-bond acceptors (Lipinski definition) is 4. The Kier molecular flexibility index (Phi) is 3.92. The first kappa shape index (κ1) is 16.3. The van der Waals surface area contributed by atoms with Gasteiger partial charge in [-0.15, -0.1) is 0 Å². The highest BCUT2D eigenvalue weighted by Gasteiger charge is 2.34. The van der Waals surface area contributed by atoms with Crippen molar-refractivity contribution in [2.45, 2.75) is 18.9 Å². The van der Waals surface area contributed by atoms with Crippen molar-refractivity contribution in [2.24, 2.45) is 0 Å². The molecule has 0 aromatic heterocycles. The highest BCUT2D eigenvalue weighted by atomic mass is 16.3. The van der Waals surface area contributed by atoms with Crippen LogP contribution in [0, 0.1) is 0 Å². The first-order valence-corrected chi connectivity index (χ1v) is 8.58. The van der Waals surface area contributed by atoms with Gasteiger partial charge >= 0.3 is 0 Å². The molecule has 26 heavy (non-hydrogen) atoms. The molecule has 132 valence electrons. The molecule has 0 bridgehead atoms. The van der Waals surface area contributed by atoms with E-state index in [1.165, 1.54) is 12.1 Å². The zero-order valence-corrected chi connectivity index (χ0v) is 14.1. The number of benzene rings is 3. The second-order valence-corrected chi connectivity index (χ2v) is 6.56. The topological polar surface area (TPSA) is 81.0 Å². The number of phenolic OH excluding ortho intramolecular Hbond substituents is 3. The van der Waals surface area contributed by atoms with Crippen molar-refractivity contribution in [2.75, 3.05) is 6.54 Å². The number of rotatable bonds is 3.